The maximum absolute atomic E-state index is 4.06. The van der Waals surface area contributed by atoms with Crippen LogP contribution in [0.15, 0.2) is 96.4 Å². The van der Waals surface area contributed by atoms with Gasteiger partial charge in [0.15, 0.2) is 0 Å². The quantitative estimate of drug-likeness (QED) is 0.744. The topological polar surface area (TPSA) is 6.48 Å². The molecule has 1 aliphatic heterocycles. The van der Waals surface area contributed by atoms with Crippen molar-refractivity contribution >= 4 is 11.4 Å². The summed E-state index contributed by atoms with van der Waals surface area (Å²) in [5.41, 5.74) is 5.59. The standard InChI is InChI=1S/C20H20N2/c1-16-14-17(2)21(18(3)15-16)22(19-10-6-4-7-11-19)20-12-8-5-9-13-20/h4-15H,1H2,2-3H3. The van der Waals surface area contributed by atoms with Gasteiger partial charge in [0.1, 0.15) is 0 Å². The second kappa shape index (κ2) is 5.94. The summed E-state index contributed by atoms with van der Waals surface area (Å²) in [4.78, 5) is 0. The van der Waals surface area contributed by atoms with Crippen molar-refractivity contribution in [3.8, 4) is 0 Å². The Kier molecular flexibility index (Phi) is 3.84. The van der Waals surface area contributed by atoms with Gasteiger partial charge in [0.25, 0.3) is 0 Å². The van der Waals surface area contributed by atoms with Crippen molar-refractivity contribution in [2.45, 2.75) is 13.8 Å². The van der Waals surface area contributed by atoms with Crippen molar-refractivity contribution in [3.63, 3.8) is 0 Å². The van der Waals surface area contributed by atoms with Gasteiger partial charge in [-0.1, -0.05) is 43.0 Å². The third-order valence-electron chi connectivity index (χ3n) is 3.66. The maximum Gasteiger partial charge on any atom is 0.0636 e. The van der Waals surface area contributed by atoms with Crippen LogP contribution in [0.5, 0.6) is 0 Å². The summed E-state index contributed by atoms with van der Waals surface area (Å²) in [7, 11) is 0. The Morgan fingerprint density at radius 2 is 1.14 bits per heavy atom. The highest BCUT2D eigenvalue weighted by Gasteiger charge is 2.22. The average Bonchev–Trinajstić information content (AvgIpc) is 2.52. The lowest BCUT2D eigenvalue weighted by Gasteiger charge is -2.40. The van der Waals surface area contributed by atoms with Crippen LogP contribution in [0.2, 0.25) is 0 Å². The van der Waals surface area contributed by atoms with E-state index in [2.05, 4.69) is 91.1 Å². The smallest absolute Gasteiger partial charge is 0.0636 e. The fourth-order valence-electron chi connectivity index (χ4n) is 2.81. The highest BCUT2D eigenvalue weighted by molar-refractivity contribution is 5.63. The molecule has 0 atom stereocenters. The first kappa shape index (κ1) is 14.2. The van der Waals surface area contributed by atoms with Crippen molar-refractivity contribution in [3.05, 3.63) is 96.4 Å². The van der Waals surface area contributed by atoms with Crippen LogP contribution in [0.1, 0.15) is 13.8 Å². The molecule has 0 radical (unpaired) electrons. The van der Waals surface area contributed by atoms with Crippen LogP contribution in [0, 0.1) is 0 Å². The van der Waals surface area contributed by atoms with Gasteiger partial charge in [0.05, 0.1) is 11.4 Å². The zero-order valence-electron chi connectivity index (χ0n) is 13.0. The molecule has 2 aromatic rings. The van der Waals surface area contributed by atoms with E-state index in [-0.39, 0.29) is 0 Å². The van der Waals surface area contributed by atoms with Gasteiger partial charge >= 0.3 is 0 Å². The molecular weight excluding hydrogens is 268 g/mol. The van der Waals surface area contributed by atoms with Crippen molar-refractivity contribution in [1.82, 2.24) is 5.01 Å². The zero-order chi connectivity index (χ0) is 15.5. The van der Waals surface area contributed by atoms with E-state index in [4.69, 9.17) is 0 Å². The summed E-state index contributed by atoms with van der Waals surface area (Å²) in [6, 6.07) is 20.8. The fourth-order valence-corrected chi connectivity index (χ4v) is 2.81. The highest BCUT2D eigenvalue weighted by atomic mass is 15.6. The molecule has 0 amide bonds. The molecule has 0 N–H and O–H groups in total. The maximum atomic E-state index is 4.06. The van der Waals surface area contributed by atoms with Crippen LogP contribution in [0.25, 0.3) is 0 Å². The lowest BCUT2D eigenvalue weighted by atomic mass is 10.1. The van der Waals surface area contributed by atoms with E-state index in [1.54, 1.807) is 0 Å². The van der Waals surface area contributed by atoms with Gasteiger partial charge in [-0.15, -0.1) is 0 Å². The van der Waals surface area contributed by atoms with Crippen LogP contribution >= 0.6 is 0 Å². The van der Waals surface area contributed by atoms with Crippen LogP contribution in [-0.4, -0.2) is 5.01 Å². The normalized spacial score (nSPS) is 14.5. The first-order valence-corrected chi connectivity index (χ1v) is 7.42. The minimum Gasteiger partial charge on any atom is -0.258 e. The molecule has 2 heteroatoms. The van der Waals surface area contributed by atoms with Gasteiger partial charge in [-0.25, -0.2) is 5.01 Å². The van der Waals surface area contributed by atoms with Gasteiger partial charge in [-0.3, -0.25) is 5.01 Å². The Bertz CT molecular complexity index is 665. The Labute approximate surface area is 132 Å². The number of para-hydroxylation sites is 2. The molecule has 2 nitrogen and oxygen atoms in total. The molecule has 0 unspecified atom stereocenters. The third-order valence-corrected chi connectivity index (χ3v) is 3.66. The summed E-state index contributed by atoms with van der Waals surface area (Å²) in [6.45, 7) is 8.28. The second-order valence-corrected chi connectivity index (χ2v) is 5.44. The van der Waals surface area contributed by atoms with Crippen LogP contribution in [0.3, 0.4) is 0 Å². The molecule has 1 heterocycles. The molecule has 0 saturated heterocycles. The molecule has 0 aromatic heterocycles. The van der Waals surface area contributed by atoms with Crippen LogP contribution < -0.4 is 5.01 Å². The van der Waals surface area contributed by atoms with Crippen LogP contribution in [0.4, 0.5) is 11.4 Å². The number of hydrogen-bond donors (Lipinski definition) is 0. The lowest BCUT2D eigenvalue weighted by Crippen LogP contribution is -2.37. The lowest BCUT2D eigenvalue weighted by molar-refractivity contribution is 0.432. The highest BCUT2D eigenvalue weighted by Crippen LogP contribution is 2.34. The predicted octanol–water partition coefficient (Wildman–Crippen LogP) is 5.42. The first-order valence-electron chi connectivity index (χ1n) is 7.42. The van der Waals surface area contributed by atoms with E-state index in [1.807, 2.05) is 12.1 Å². The van der Waals surface area contributed by atoms with Crippen molar-refractivity contribution in [1.29, 1.82) is 0 Å². The van der Waals surface area contributed by atoms with Crippen molar-refractivity contribution in [2.75, 3.05) is 5.01 Å². The largest absolute Gasteiger partial charge is 0.258 e. The zero-order valence-corrected chi connectivity index (χ0v) is 13.0. The minimum atomic E-state index is 1.03. The number of hydrogen-bond acceptors (Lipinski definition) is 2. The summed E-state index contributed by atoms with van der Waals surface area (Å²) >= 11 is 0. The number of benzene rings is 2. The van der Waals surface area contributed by atoms with Gasteiger partial charge in [-0.2, -0.15) is 0 Å². The Balaban J connectivity index is 2.13. The number of anilines is 2. The average molecular weight is 288 g/mol. The SMILES string of the molecule is C=C1C=C(C)N(N(c2ccccc2)c2ccccc2)C(C)=C1. The fraction of sp³-hybridized carbons (Fsp3) is 0.100. The predicted molar refractivity (Wildman–Crippen MR) is 93.5 cm³/mol. The summed E-state index contributed by atoms with van der Waals surface area (Å²) < 4.78 is 0. The molecule has 0 aliphatic carbocycles. The molecule has 3 rings (SSSR count). The molecule has 0 spiro atoms. The van der Waals surface area contributed by atoms with E-state index in [0.717, 1.165) is 28.3 Å². The Morgan fingerprint density at radius 1 is 0.727 bits per heavy atom. The van der Waals surface area contributed by atoms with E-state index < -0.39 is 0 Å². The molecular formula is C20H20N2. The summed E-state index contributed by atoms with van der Waals surface area (Å²) in [6.07, 6.45) is 4.21. The number of hydrazine groups is 1. The molecule has 1 aliphatic rings. The van der Waals surface area contributed by atoms with E-state index in [0.29, 0.717) is 0 Å². The second-order valence-electron chi connectivity index (χ2n) is 5.44. The van der Waals surface area contributed by atoms with Gasteiger partial charge in [0, 0.05) is 11.4 Å². The third kappa shape index (κ3) is 2.68. The summed E-state index contributed by atoms with van der Waals surface area (Å²) in [5.74, 6) is 0. The monoisotopic (exact) mass is 288 g/mol. The first-order chi connectivity index (χ1) is 10.7. The van der Waals surface area contributed by atoms with Gasteiger partial charge < -0.3 is 0 Å². The molecule has 22 heavy (non-hydrogen) atoms. The minimum absolute atomic E-state index is 1.03. The molecule has 2 aromatic carbocycles. The summed E-state index contributed by atoms with van der Waals surface area (Å²) in [5, 5.41) is 4.45. The molecule has 0 saturated carbocycles. The number of rotatable bonds is 3. The molecule has 0 bridgehead atoms. The molecule has 0 fully saturated rings. The number of allylic oxidation sites excluding steroid dienone is 5. The van der Waals surface area contributed by atoms with Crippen LogP contribution in [-0.2, 0) is 0 Å². The van der Waals surface area contributed by atoms with E-state index >= 15 is 0 Å². The molecule has 110 valence electrons. The Morgan fingerprint density at radius 3 is 1.55 bits per heavy atom. The Hall–Kier alpha value is -2.74. The van der Waals surface area contributed by atoms with E-state index in [1.165, 1.54) is 0 Å². The van der Waals surface area contributed by atoms with Gasteiger partial charge in [-0.05, 0) is 55.8 Å². The van der Waals surface area contributed by atoms with Crippen molar-refractivity contribution < 1.29 is 0 Å². The van der Waals surface area contributed by atoms with Gasteiger partial charge in [0.2, 0.25) is 0 Å². The number of nitrogens with zero attached hydrogens (tertiary/aromatic N) is 2. The van der Waals surface area contributed by atoms with Crippen molar-refractivity contribution in [2.24, 2.45) is 0 Å². The van der Waals surface area contributed by atoms with E-state index in [9.17, 15) is 0 Å².